The molecular weight excluding hydrogens is 303 g/mol. The number of likely N-dealkylation sites (tertiary alicyclic amines) is 1. The number of imidazole rings is 1. The number of H-pyrrole nitrogens is 1. The second-order valence-corrected chi connectivity index (χ2v) is 7.48. The summed E-state index contributed by atoms with van der Waals surface area (Å²) in [5.41, 5.74) is 1.28. The number of nitrogens with one attached hydrogen (secondary N) is 1. The molecule has 126 valence electrons. The fourth-order valence-electron chi connectivity index (χ4n) is 5.30. The standard InChI is InChI=1S/C19H23FN4/c20-15-3-1-13(2-4-15)16-11-24(12-17-21-7-8-22-17)18-14-5-9-23(10-6-14)19(16)18/h1-4,7-8,14,16,18-19H,5-6,9-12H2,(H,21,22)/t16-,18+,19+/m0/s1. The zero-order valence-electron chi connectivity index (χ0n) is 13.7. The lowest BCUT2D eigenvalue weighted by molar-refractivity contribution is -0.00924. The summed E-state index contributed by atoms with van der Waals surface area (Å²) >= 11 is 0. The number of aromatic amines is 1. The highest BCUT2D eigenvalue weighted by Gasteiger charge is 2.53. The maximum atomic E-state index is 13.4. The van der Waals surface area contributed by atoms with Gasteiger partial charge >= 0.3 is 0 Å². The van der Waals surface area contributed by atoms with E-state index in [-0.39, 0.29) is 5.82 Å². The average molecular weight is 326 g/mol. The Morgan fingerprint density at radius 3 is 2.62 bits per heavy atom. The Labute approximate surface area is 141 Å². The zero-order chi connectivity index (χ0) is 16.1. The van der Waals surface area contributed by atoms with Crippen LogP contribution in [0.15, 0.2) is 36.7 Å². The van der Waals surface area contributed by atoms with Crippen molar-refractivity contribution in [3.8, 4) is 0 Å². The summed E-state index contributed by atoms with van der Waals surface area (Å²) in [4.78, 5) is 13.0. The summed E-state index contributed by atoms with van der Waals surface area (Å²) in [5.74, 6) is 2.16. The van der Waals surface area contributed by atoms with Crippen LogP contribution in [0.2, 0.25) is 0 Å². The van der Waals surface area contributed by atoms with Crippen LogP contribution in [0, 0.1) is 11.7 Å². The van der Waals surface area contributed by atoms with Gasteiger partial charge in [-0.15, -0.1) is 0 Å². The molecule has 1 aromatic heterocycles. The number of fused-ring (bicyclic) bond motifs is 2. The van der Waals surface area contributed by atoms with Crippen molar-refractivity contribution in [3.05, 3.63) is 53.9 Å². The highest BCUT2D eigenvalue weighted by molar-refractivity contribution is 5.27. The van der Waals surface area contributed by atoms with Crippen molar-refractivity contribution in [2.75, 3.05) is 19.6 Å². The quantitative estimate of drug-likeness (QED) is 0.942. The molecule has 24 heavy (non-hydrogen) atoms. The molecule has 4 saturated heterocycles. The van der Waals surface area contributed by atoms with Crippen molar-refractivity contribution < 1.29 is 4.39 Å². The molecule has 4 aliphatic rings. The zero-order valence-corrected chi connectivity index (χ0v) is 13.7. The fourth-order valence-corrected chi connectivity index (χ4v) is 5.30. The SMILES string of the molecule is Fc1ccc([C@@H]2CN(Cc3ncc[nH]3)[C@@H]3C4CCN(CC4)[C@@H]32)cc1. The maximum Gasteiger partial charge on any atom is 0.123 e. The van der Waals surface area contributed by atoms with Crippen LogP contribution in [-0.2, 0) is 6.54 Å². The third-order valence-corrected chi connectivity index (χ3v) is 6.30. The Hall–Kier alpha value is -1.72. The van der Waals surface area contributed by atoms with Crippen molar-refractivity contribution in [1.82, 2.24) is 19.8 Å². The van der Waals surface area contributed by atoms with E-state index < -0.39 is 0 Å². The fraction of sp³-hybridized carbons (Fsp3) is 0.526. The van der Waals surface area contributed by atoms with E-state index in [0.29, 0.717) is 18.0 Å². The van der Waals surface area contributed by atoms with Gasteiger partial charge in [0.25, 0.3) is 0 Å². The molecule has 4 aliphatic heterocycles. The van der Waals surface area contributed by atoms with E-state index in [9.17, 15) is 4.39 Å². The number of piperidine rings is 3. The summed E-state index contributed by atoms with van der Waals surface area (Å²) in [6, 6.07) is 8.35. The molecule has 4 fully saturated rings. The van der Waals surface area contributed by atoms with Gasteiger partial charge in [-0.2, -0.15) is 0 Å². The number of benzene rings is 1. The van der Waals surface area contributed by atoms with E-state index >= 15 is 0 Å². The average Bonchev–Trinajstić information content (AvgIpc) is 3.26. The molecule has 2 aromatic rings. The molecule has 2 bridgehead atoms. The predicted molar refractivity (Wildman–Crippen MR) is 90.0 cm³/mol. The van der Waals surface area contributed by atoms with Gasteiger partial charge in [0.2, 0.25) is 0 Å². The first-order valence-electron chi connectivity index (χ1n) is 9.01. The Balaban J connectivity index is 1.48. The summed E-state index contributed by atoms with van der Waals surface area (Å²) < 4.78 is 13.4. The number of rotatable bonds is 3. The molecular formula is C19H23FN4. The normalized spacial score (nSPS) is 35.3. The van der Waals surface area contributed by atoms with Crippen molar-refractivity contribution in [3.63, 3.8) is 0 Å². The van der Waals surface area contributed by atoms with Gasteiger partial charge in [-0.1, -0.05) is 12.1 Å². The molecule has 5 heterocycles. The van der Waals surface area contributed by atoms with Gasteiger partial charge in [-0.3, -0.25) is 9.80 Å². The first-order chi connectivity index (χ1) is 11.8. The predicted octanol–water partition coefficient (Wildman–Crippen LogP) is 2.61. The Kier molecular flexibility index (Phi) is 3.45. The van der Waals surface area contributed by atoms with Crippen molar-refractivity contribution >= 4 is 0 Å². The van der Waals surface area contributed by atoms with Crippen LogP contribution in [0.25, 0.3) is 0 Å². The topological polar surface area (TPSA) is 35.2 Å². The van der Waals surface area contributed by atoms with Crippen molar-refractivity contribution in [2.24, 2.45) is 5.92 Å². The lowest BCUT2D eigenvalue weighted by Crippen LogP contribution is -2.60. The Bertz CT molecular complexity index is 691. The van der Waals surface area contributed by atoms with Gasteiger partial charge in [0.15, 0.2) is 0 Å². The van der Waals surface area contributed by atoms with Gasteiger partial charge in [-0.05, 0) is 49.5 Å². The largest absolute Gasteiger partial charge is 0.348 e. The molecule has 0 radical (unpaired) electrons. The minimum atomic E-state index is -0.147. The van der Waals surface area contributed by atoms with Gasteiger partial charge in [-0.25, -0.2) is 9.37 Å². The smallest absolute Gasteiger partial charge is 0.123 e. The van der Waals surface area contributed by atoms with Crippen LogP contribution in [0.1, 0.15) is 30.1 Å². The second kappa shape index (κ2) is 5.67. The molecule has 4 nitrogen and oxygen atoms in total. The van der Waals surface area contributed by atoms with E-state index in [1.54, 1.807) is 12.1 Å². The molecule has 1 N–H and O–H groups in total. The molecule has 0 aliphatic carbocycles. The van der Waals surface area contributed by atoms with Crippen LogP contribution < -0.4 is 0 Å². The van der Waals surface area contributed by atoms with Crippen molar-refractivity contribution in [2.45, 2.75) is 37.4 Å². The molecule has 6 rings (SSSR count). The summed E-state index contributed by atoms with van der Waals surface area (Å²) in [7, 11) is 0. The van der Waals surface area contributed by atoms with E-state index in [2.05, 4.69) is 19.8 Å². The number of halogens is 1. The lowest BCUT2D eigenvalue weighted by atomic mass is 9.75. The summed E-state index contributed by atoms with van der Waals surface area (Å²) in [6.45, 7) is 4.36. The number of nitrogens with zero attached hydrogens (tertiary/aromatic N) is 3. The lowest BCUT2D eigenvalue weighted by Gasteiger charge is -2.51. The Morgan fingerprint density at radius 2 is 1.92 bits per heavy atom. The molecule has 0 spiro atoms. The minimum absolute atomic E-state index is 0.147. The summed E-state index contributed by atoms with van der Waals surface area (Å²) in [6.07, 6.45) is 6.35. The van der Waals surface area contributed by atoms with Gasteiger partial charge < -0.3 is 4.98 Å². The van der Waals surface area contributed by atoms with E-state index in [1.165, 1.54) is 31.5 Å². The van der Waals surface area contributed by atoms with Gasteiger partial charge in [0.1, 0.15) is 11.6 Å². The monoisotopic (exact) mass is 326 g/mol. The molecule has 1 aromatic carbocycles. The van der Waals surface area contributed by atoms with Crippen LogP contribution >= 0.6 is 0 Å². The maximum absolute atomic E-state index is 13.4. The van der Waals surface area contributed by atoms with Crippen LogP contribution in [0.4, 0.5) is 4.39 Å². The third-order valence-electron chi connectivity index (χ3n) is 6.30. The minimum Gasteiger partial charge on any atom is -0.348 e. The van der Waals surface area contributed by atoms with E-state index in [0.717, 1.165) is 24.8 Å². The molecule has 5 heteroatoms. The first kappa shape index (κ1) is 14.6. The van der Waals surface area contributed by atoms with Crippen molar-refractivity contribution in [1.29, 1.82) is 0 Å². The highest BCUT2D eigenvalue weighted by atomic mass is 19.1. The highest BCUT2D eigenvalue weighted by Crippen LogP contribution is 2.46. The van der Waals surface area contributed by atoms with E-state index in [1.807, 2.05) is 24.5 Å². The summed E-state index contributed by atoms with van der Waals surface area (Å²) in [5, 5.41) is 0. The number of hydrogen-bond donors (Lipinski definition) is 1. The molecule has 3 atom stereocenters. The second-order valence-electron chi connectivity index (χ2n) is 7.48. The molecule has 0 unspecified atom stereocenters. The van der Waals surface area contributed by atoms with Crippen LogP contribution in [-0.4, -0.2) is 51.5 Å². The number of aromatic nitrogens is 2. The van der Waals surface area contributed by atoms with Crippen LogP contribution in [0.3, 0.4) is 0 Å². The molecule has 0 amide bonds. The van der Waals surface area contributed by atoms with Crippen LogP contribution in [0.5, 0.6) is 0 Å². The first-order valence-corrected chi connectivity index (χ1v) is 9.01. The van der Waals surface area contributed by atoms with E-state index in [4.69, 9.17) is 0 Å². The number of hydrogen-bond acceptors (Lipinski definition) is 3. The van der Waals surface area contributed by atoms with Gasteiger partial charge in [0, 0.05) is 36.9 Å². The Morgan fingerprint density at radius 1 is 1.12 bits per heavy atom. The third kappa shape index (κ3) is 2.30. The molecule has 0 saturated carbocycles. The van der Waals surface area contributed by atoms with Gasteiger partial charge in [0.05, 0.1) is 6.54 Å².